The number of rotatable bonds is 3. The van der Waals surface area contributed by atoms with E-state index in [4.69, 9.17) is 14.7 Å². The van der Waals surface area contributed by atoms with Gasteiger partial charge in [0, 0.05) is 31.5 Å². The third kappa shape index (κ3) is 2.38. The molecule has 5 heteroatoms. The molecule has 2 fully saturated rings. The number of piperidine rings is 1. The first-order valence-electron chi connectivity index (χ1n) is 8.92. The summed E-state index contributed by atoms with van der Waals surface area (Å²) in [6, 6.07) is 8.00. The van der Waals surface area contributed by atoms with Gasteiger partial charge in [0.2, 0.25) is 0 Å². The first kappa shape index (κ1) is 15.8. The molecule has 0 radical (unpaired) electrons. The number of fused-ring (bicyclic) bond motifs is 1. The number of anilines is 1. The maximum atomic E-state index is 10.3. The van der Waals surface area contributed by atoms with Gasteiger partial charge in [0.15, 0.2) is 5.82 Å². The number of hydrogen-bond acceptors (Lipinski definition) is 5. The highest BCUT2D eigenvalue weighted by atomic mass is 16.5. The molecule has 1 saturated carbocycles. The van der Waals surface area contributed by atoms with Crippen molar-refractivity contribution in [2.45, 2.75) is 45.3 Å². The number of aliphatic hydroxyl groups is 1. The lowest BCUT2D eigenvalue weighted by Crippen LogP contribution is -2.62. The van der Waals surface area contributed by atoms with Gasteiger partial charge in [-0.3, -0.25) is 0 Å². The van der Waals surface area contributed by atoms with Crippen molar-refractivity contribution in [3.8, 4) is 0 Å². The molecular weight excluding hydrogens is 302 g/mol. The highest BCUT2D eigenvalue weighted by Gasteiger charge is 2.56. The van der Waals surface area contributed by atoms with Crippen LogP contribution in [0, 0.1) is 12.3 Å². The summed E-state index contributed by atoms with van der Waals surface area (Å²) in [7, 11) is 0. The SMILES string of the molecule is CCO[C@H]1C[C@@H](O)C12CCN(c1nc3ccccc3nc1C)CC2. The molecule has 1 aromatic heterocycles. The van der Waals surface area contributed by atoms with Crippen LogP contribution in [0.25, 0.3) is 11.0 Å². The van der Waals surface area contributed by atoms with E-state index >= 15 is 0 Å². The van der Waals surface area contributed by atoms with Crippen LogP contribution in [0.2, 0.25) is 0 Å². The number of aliphatic hydroxyl groups excluding tert-OH is 1. The molecule has 1 saturated heterocycles. The van der Waals surface area contributed by atoms with E-state index in [1.165, 1.54) is 0 Å². The topological polar surface area (TPSA) is 58.5 Å². The maximum Gasteiger partial charge on any atom is 0.150 e. The predicted molar refractivity (Wildman–Crippen MR) is 94.2 cm³/mol. The van der Waals surface area contributed by atoms with Gasteiger partial charge in [-0.05, 0) is 38.8 Å². The Hall–Kier alpha value is -1.72. The summed E-state index contributed by atoms with van der Waals surface area (Å²) in [5, 5.41) is 10.3. The van der Waals surface area contributed by atoms with E-state index in [0.29, 0.717) is 0 Å². The molecule has 1 aliphatic carbocycles. The number of nitrogens with zero attached hydrogens (tertiary/aromatic N) is 3. The fourth-order valence-corrected chi connectivity index (χ4v) is 4.33. The Bertz CT molecular complexity index is 738. The second kappa shape index (κ2) is 5.97. The van der Waals surface area contributed by atoms with Gasteiger partial charge in [-0.25, -0.2) is 9.97 Å². The minimum Gasteiger partial charge on any atom is -0.392 e. The summed E-state index contributed by atoms with van der Waals surface area (Å²) in [4.78, 5) is 11.9. The average molecular weight is 327 g/mol. The minimum absolute atomic E-state index is 0.0509. The normalized spacial score (nSPS) is 25.9. The van der Waals surface area contributed by atoms with Gasteiger partial charge in [0.25, 0.3) is 0 Å². The molecule has 4 rings (SSSR count). The molecule has 0 unspecified atom stereocenters. The van der Waals surface area contributed by atoms with Crippen LogP contribution < -0.4 is 4.90 Å². The molecule has 0 amide bonds. The van der Waals surface area contributed by atoms with E-state index in [1.807, 2.05) is 38.1 Å². The second-order valence-electron chi connectivity index (χ2n) is 7.04. The van der Waals surface area contributed by atoms with E-state index in [2.05, 4.69) is 4.90 Å². The zero-order valence-corrected chi connectivity index (χ0v) is 14.4. The molecule has 2 heterocycles. The van der Waals surface area contributed by atoms with Gasteiger partial charge < -0.3 is 14.7 Å². The summed E-state index contributed by atoms with van der Waals surface area (Å²) in [5.41, 5.74) is 2.80. The van der Waals surface area contributed by atoms with Gasteiger partial charge >= 0.3 is 0 Å². The number of para-hydroxylation sites is 2. The van der Waals surface area contributed by atoms with Crippen LogP contribution in [-0.2, 0) is 4.74 Å². The van der Waals surface area contributed by atoms with Gasteiger partial charge in [0.05, 0.1) is 28.9 Å². The minimum atomic E-state index is -0.222. The van der Waals surface area contributed by atoms with Crippen molar-refractivity contribution in [2.75, 3.05) is 24.6 Å². The van der Waals surface area contributed by atoms with Crippen LogP contribution in [0.4, 0.5) is 5.82 Å². The number of aromatic nitrogens is 2. The van der Waals surface area contributed by atoms with Crippen molar-refractivity contribution in [1.82, 2.24) is 9.97 Å². The molecule has 2 aliphatic rings. The lowest BCUT2D eigenvalue weighted by molar-refractivity contribution is -0.199. The number of ether oxygens (including phenoxy) is 1. The molecule has 5 nitrogen and oxygen atoms in total. The quantitative estimate of drug-likeness (QED) is 0.939. The van der Waals surface area contributed by atoms with Crippen molar-refractivity contribution < 1.29 is 9.84 Å². The molecule has 128 valence electrons. The Morgan fingerprint density at radius 3 is 2.50 bits per heavy atom. The van der Waals surface area contributed by atoms with Crippen molar-refractivity contribution in [2.24, 2.45) is 5.41 Å². The smallest absolute Gasteiger partial charge is 0.150 e. The summed E-state index contributed by atoms with van der Waals surface area (Å²) in [6.45, 7) is 6.57. The van der Waals surface area contributed by atoms with Gasteiger partial charge in [-0.15, -0.1) is 0 Å². The van der Waals surface area contributed by atoms with E-state index in [-0.39, 0.29) is 17.6 Å². The largest absolute Gasteiger partial charge is 0.392 e. The predicted octanol–water partition coefficient (Wildman–Crippen LogP) is 2.69. The van der Waals surface area contributed by atoms with Crippen LogP contribution in [0.3, 0.4) is 0 Å². The summed E-state index contributed by atoms with van der Waals surface area (Å²) in [5.74, 6) is 0.977. The molecule has 1 N–H and O–H groups in total. The zero-order chi connectivity index (χ0) is 16.7. The number of benzene rings is 1. The van der Waals surface area contributed by atoms with Crippen LogP contribution in [0.5, 0.6) is 0 Å². The van der Waals surface area contributed by atoms with Gasteiger partial charge in [-0.2, -0.15) is 0 Å². The van der Waals surface area contributed by atoms with Crippen molar-refractivity contribution >= 4 is 16.9 Å². The van der Waals surface area contributed by atoms with Crippen molar-refractivity contribution in [3.05, 3.63) is 30.0 Å². The average Bonchev–Trinajstić information content (AvgIpc) is 2.61. The molecular formula is C19H25N3O2. The highest BCUT2D eigenvalue weighted by molar-refractivity contribution is 5.76. The van der Waals surface area contributed by atoms with Crippen LogP contribution in [0.1, 0.15) is 31.9 Å². The standard InChI is InChI=1S/C19H25N3O2/c1-3-24-17-12-16(23)19(17)8-10-22(11-9-19)18-13(2)20-14-6-4-5-7-15(14)21-18/h4-7,16-17,23H,3,8-12H2,1-2H3/t16-,17+/m1/s1. The summed E-state index contributed by atoms with van der Waals surface area (Å²) >= 11 is 0. The third-order valence-electron chi connectivity index (χ3n) is 5.82. The van der Waals surface area contributed by atoms with E-state index in [0.717, 1.165) is 61.5 Å². The molecule has 1 spiro atoms. The lowest BCUT2D eigenvalue weighted by atomic mass is 9.58. The lowest BCUT2D eigenvalue weighted by Gasteiger charge is -2.56. The van der Waals surface area contributed by atoms with Gasteiger partial charge in [-0.1, -0.05) is 12.1 Å². The Labute approximate surface area is 142 Å². The molecule has 2 aromatic rings. The number of aryl methyl sites for hydroxylation is 1. The van der Waals surface area contributed by atoms with Crippen LogP contribution in [-0.4, -0.2) is 47.0 Å². The summed E-state index contributed by atoms with van der Waals surface area (Å²) < 4.78 is 5.86. The molecule has 2 atom stereocenters. The molecule has 1 aliphatic heterocycles. The monoisotopic (exact) mass is 327 g/mol. The maximum absolute atomic E-state index is 10.3. The third-order valence-corrected chi connectivity index (χ3v) is 5.82. The second-order valence-corrected chi connectivity index (χ2v) is 7.04. The van der Waals surface area contributed by atoms with Gasteiger partial charge in [0.1, 0.15) is 0 Å². The Morgan fingerprint density at radius 1 is 1.21 bits per heavy atom. The Balaban J connectivity index is 1.55. The van der Waals surface area contributed by atoms with E-state index < -0.39 is 0 Å². The number of hydrogen-bond donors (Lipinski definition) is 1. The highest BCUT2D eigenvalue weighted by Crippen LogP contribution is 2.51. The van der Waals surface area contributed by atoms with Crippen molar-refractivity contribution in [3.63, 3.8) is 0 Å². The fourth-order valence-electron chi connectivity index (χ4n) is 4.33. The first-order valence-corrected chi connectivity index (χ1v) is 8.92. The molecule has 24 heavy (non-hydrogen) atoms. The van der Waals surface area contributed by atoms with Crippen molar-refractivity contribution in [1.29, 1.82) is 0 Å². The zero-order valence-electron chi connectivity index (χ0n) is 14.4. The molecule has 0 bridgehead atoms. The molecule has 1 aromatic carbocycles. The first-order chi connectivity index (χ1) is 11.6. The summed E-state index contributed by atoms with van der Waals surface area (Å²) in [6.07, 6.45) is 2.67. The Morgan fingerprint density at radius 2 is 1.88 bits per heavy atom. The van der Waals surface area contributed by atoms with E-state index in [9.17, 15) is 5.11 Å². The fraction of sp³-hybridized carbons (Fsp3) is 0.579. The Kier molecular flexibility index (Phi) is 3.93. The van der Waals surface area contributed by atoms with Crippen LogP contribution >= 0.6 is 0 Å². The van der Waals surface area contributed by atoms with E-state index in [1.54, 1.807) is 0 Å². The van der Waals surface area contributed by atoms with Crippen LogP contribution in [0.15, 0.2) is 24.3 Å².